The van der Waals surface area contributed by atoms with E-state index in [1.807, 2.05) is 42.5 Å². The van der Waals surface area contributed by atoms with E-state index in [1.54, 1.807) is 32.4 Å². The van der Waals surface area contributed by atoms with Crippen LogP contribution in [0, 0.1) is 5.41 Å². The zero-order valence-electron chi connectivity index (χ0n) is 16.0. The van der Waals surface area contributed by atoms with Gasteiger partial charge in [0.15, 0.2) is 0 Å². The van der Waals surface area contributed by atoms with Gasteiger partial charge in [-0.25, -0.2) is 4.98 Å². The van der Waals surface area contributed by atoms with Crippen molar-refractivity contribution in [3.8, 4) is 11.3 Å². The van der Waals surface area contributed by atoms with Crippen molar-refractivity contribution in [2.75, 3.05) is 14.1 Å². The van der Waals surface area contributed by atoms with Crippen molar-refractivity contribution in [1.82, 2.24) is 19.5 Å². The van der Waals surface area contributed by atoms with Crippen LogP contribution in [0.3, 0.4) is 0 Å². The second-order valence-corrected chi connectivity index (χ2v) is 6.57. The van der Waals surface area contributed by atoms with Gasteiger partial charge in [-0.15, -0.1) is 0 Å². The van der Waals surface area contributed by atoms with Crippen LogP contribution in [0.25, 0.3) is 11.3 Å². The van der Waals surface area contributed by atoms with Gasteiger partial charge in [-0.1, -0.05) is 36.4 Å². The zero-order valence-corrected chi connectivity index (χ0v) is 16.0. The maximum Gasteiger partial charge on any atom is 0.531 e. The molecule has 142 valence electrons. The Morgan fingerprint density at radius 3 is 2.45 bits per heavy atom. The van der Waals surface area contributed by atoms with Crippen LogP contribution in [0.2, 0.25) is 0 Å². The first-order valence-electron chi connectivity index (χ1n) is 8.96. The number of nitrogens with one attached hydrogen (secondary N) is 1. The molecule has 0 spiro atoms. The standard InChI is InChI=1S/C22H18N5O2/c1-27(2)22(28)16-11-7-6-10-15(16)18-13-24-17(12-23)19(25-18)21-26-20(29-21)14-8-4-3-5-9-14/h3-13,23H,1-2H3/q+1. The van der Waals surface area contributed by atoms with Crippen LogP contribution < -0.4 is 4.67 Å². The van der Waals surface area contributed by atoms with E-state index in [9.17, 15) is 4.79 Å². The summed E-state index contributed by atoms with van der Waals surface area (Å²) in [5, 5.41) is 7.63. The van der Waals surface area contributed by atoms with Crippen LogP contribution in [0.5, 0.6) is 0 Å². The van der Waals surface area contributed by atoms with E-state index in [2.05, 4.69) is 14.6 Å². The van der Waals surface area contributed by atoms with Gasteiger partial charge in [0.2, 0.25) is 5.69 Å². The summed E-state index contributed by atoms with van der Waals surface area (Å²) in [6, 6.07) is 16.7. The lowest BCUT2D eigenvalue weighted by Crippen LogP contribution is -2.31. The first kappa shape index (κ1) is 18.3. The van der Waals surface area contributed by atoms with E-state index in [4.69, 9.17) is 10.1 Å². The molecule has 1 amide bonds. The number of benzene rings is 2. The van der Waals surface area contributed by atoms with E-state index in [0.29, 0.717) is 40.0 Å². The highest BCUT2D eigenvalue weighted by Crippen LogP contribution is 2.23. The van der Waals surface area contributed by atoms with Gasteiger partial charge in [0.05, 0.1) is 11.9 Å². The molecule has 3 aromatic rings. The van der Waals surface area contributed by atoms with E-state index in [0.717, 1.165) is 11.8 Å². The molecule has 0 aliphatic carbocycles. The molecular formula is C22H18N5O2+. The number of carbonyl (C=O) groups is 1. The van der Waals surface area contributed by atoms with Crippen molar-refractivity contribution in [2.24, 2.45) is 0 Å². The van der Waals surface area contributed by atoms with Gasteiger partial charge in [-0.2, -0.15) is 0 Å². The monoisotopic (exact) mass is 384 g/mol. The Balaban J connectivity index is 1.80. The fourth-order valence-electron chi connectivity index (χ4n) is 2.92. The van der Waals surface area contributed by atoms with Crippen LogP contribution in [-0.4, -0.2) is 52.9 Å². The second-order valence-electron chi connectivity index (χ2n) is 6.57. The molecule has 1 N–H and O–H groups in total. The van der Waals surface area contributed by atoms with E-state index in [-0.39, 0.29) is 5.91 Å². The molecule has 4 rings (SSSR count). The topological polar surface area (TPSA) is 93.3 Å². The first-order valence-corrected chi connectivity index (χ1v) is 8.96. The fraction of sp³-hybridized carbons (Fsp3) is 0.0909. The van der Waals surface area contributed by atoms with Crippen LogP contribution in [0.4, 0.5) is 0 Å². The van der Waals surface area contributed by atoms with E-state index in [1.165, 1.54) is 4.90 Å². The number of amides is 1. The molecule has 7 nitrogen and oxygen atoms in total. The van der Waals surface area contributed by atoms with Gasteiger partial charge in [0.1, 0.15) is 11.3 Å². The Morgan fingerprint density at radius 2 is 1.76 bits per heavy atom. The Morgan fingerprint density at radius 1 is 1.07 bits per heavy atom. The predicted octanol–water partition coefficient (Wildman–Crippen LogP) is 2.13. The Labute approximate surface area is 167 Å². The summed E-state index contributed by atoms with van der Waals surface area (Å²) in [4.78, 5) is 23.0. The average Bonchev–Trinajstić information content (AvgIpc) is 2.73. The highest BCUT2D eigenvalue weighted by Gasteiger charge is 2.38. The molecule has 0 saturated carbocycles. The number of nitrogens with zero attached hydrogens (tertiary/aromatic N) is 4. The zero-order chi connectivity index (χ0) is 20.4. The molecule has 0 atom stereocenters. The van der Waals surface area contributed by atoms with Crippen LogP contribution >= 0.6 is 0 Å². The molecule has 1 aromatic heterocycles. The van der Waals surface area contributed by atoms with Gasteiger partial charge >= 0.3 is 11.8 Å². The van der Waals surface area contributed by atoms with Crippen molar-refractivity contribution < 1.29 is 9.53 Å². The third-order valence-electron chi connectivity index (χ3n) is 4.40. The molecule has 2 aromatic carbocycles. The lowest BCUT2D eigenvalue weighted by molar-refractivity contribution is 0.0828. The smallest absolute Gasteiger partial charge is 0.345 e. The maximum absolute atomic E-state index is 12.5. The van der Waals surface area contributed by atoms with Crippen molar-refractivity contribution in [1.29, 1.82) is 5.41 Å². The molecule has 0 fully saturated rings. The summed E-state index contributed by atoms with van der Waals surface area (Å²) in [5.41, 5.74) is 3.26. The SMILES string of the molecule is CN(C)C(=O)c1ccccc1-c1cnc(C=N)c(C2=[N+]=C(c3ccccc3)O2)n1. The highest BCUT2D eigenvalue weighted by atomic mass is 16.5. The summed E-state index contributed by atoms with van der Waals surface area (Å²) >= 11 is 0. The fourth-order valence-corrected chi connectivity index (χ4v) is 2.92. The largest absolute Gasteiger partial charge is 0.531 e. The Bertz CT molecular complexity index is 1180. The summed E-state index contributed by atoms with van der Waals surface area (Å²) < 4.78 is 10.2. The summed E-state index contributed by atoms with van der Waals surface area (Å²) in [6.07, 6.45) is 2.65. The summed E-state index contributed by atoms with van der Waals surface area (Å²) in [6.45, 7) is 0. The van der Waals surface area contributed by atoms with Gasteiger partial charge in [0, 0.05) is 36.1 Å². The minimum Gasteiger partial charge on any atom is -0.345 e. The molecular weight excluding hydrogens is 366 g/mol. The van der Waals surface area contributed by atoms with Crippen LogP contribution in [0.15, 0.2) is 60.8 Å². The van der Waals surface area contributed by atoms with Crippen molar-refractivity contribution in [3.05, 3.63) is 83.3 Å². The molecule has 29 heavy (non-hydrogen) atoms. The molecule has 1 aliphatic rings. The number of hydrogen-bond donors (Lipinski definition) is 1. The third kappa shape index (κ3) is 3.42. The van der Waals surface area contributed by atoms with E-state index >= 15 is 0 Å². The number of carbonyl (C=O) groups excluding carboxylic acids is 1. The van der Waals surface area contributed by atoms with E-state index < -0.39 is 0 Å². The molecule has 7 heteroatoms. The minimum atomic E-state index is -0.128. The van der Waals surface area contributed by atoms with Crippen LogP contribution in [0.1, 0.15) is 27.3 Å². The van der Waals surface area contributed by atoms with Gasteiger partial charge in [0.25, 0.3) is 5.91 Å². The highest BCUT2D eigenvalue weighted by molar-refractivity contribution is 6.15. The summed E-state index contributed by atoms with van der Waals surface area (Å²) in [7, 11) is 3.40. The first-order chi connectivity index (χ1) is 14.1. The van der Waals surface area contributed by atoms with Gasteiger partial charge in [-0.3, -0.25) is 9.78 Å². The minimum absolute atomic E-state index is 0.128. The van der Waals surface area contributed by atoms with Crippen LogP contribution in [-0.2, 0) is 4.74 Å². The molecule has 0 bridgehead atoms. The molecule has 0 unspecified atom stereocenters. The third-order valence-corrected chi connectivity index (χ3v) is 4.40. The second kappa shape index (κ2) is 7.50. The quantitative estimate of drug-likeness (QED) is 0.539. The van der Waals surface area contributed by atoms with Gasteiger partial charge in [-0.05, 0) is 18.2 Å². The number of hydrogen-bond acceptors (Lipinski definition) is 5. The Hall–Kier alpha value is -4.09. The molecule has 1 aliphatic heterocycles. The van der Waals surface area contributed by atoms with Crippen molar-refractivity contribution in [3.63, 3.8) is 0 Å². The molecule has 2 heterocycles. The molecule has 0 saturated heterocycles. The number of ether oxygens (including phenoxy) is 1. The number of aromatic nitrogens is 2. The lowest BCUT2D eigenvalue weighted by Gasteiger charge is -2.14. The normalized spacial score (nSPS) is 12.2. The van der Waals surface area contributed by atoms with Gasteiger partial charge < -0.3 is 15.0 Å². The lowest BCUT2D eigenvalue weighted by atomic mass is 10.0. The average molecular weight is 384 g/mol. The van der Waals surface area contributed by atoms with Crippen molar-refractivity contribution >= 4 is 23.9 Å². The predicted molar refractivity (Wildman–Crippen MR) is 111 cm³/mol. The summed E-state index contributed by atoms with van der Waals surface area (Å²) in [5.74, 6) is 0.664. The number of rotatable bonds is 5. The van der Waals surface area contributed by atoms with Crippen molar-refractivity contribution in [2.45, 2.75) is 0 Å². The molecule has 0 radical (unpaired) electrons. The Kier molecular flexibility index (Phi) is 4.73. The maximum atomic E-state index is 12.5.